The predicted octanol–water partition coefficient (Wildman–Crippen LogP) is 1.47. The van der Waals surface area contributed by atoms with Gasteiger partial charge in [-0.2, -0.15) is 0 Å². The second kappa shape index (κ2) is 2.73. The van der Waals surface area contributed by atoms with Crippen LogP contribution in [0.25, 0.3) is 11.5 Å². The number of ether oxygens (including phenoxy) is 2. The number of aromatic nitrogens is 2. The van der Waals surface area contributed by atoms with E-state index in [4.69, 9.17) is 13.9 Å². The van der Waals surface area contributed by atoms with E-state index < -0.39 is 0 Å². The van der Waals surface area contributed by atoms with Crippen LogP contribution in [-0.2, 0) is 0 Å². The maximum Gasteiger partial charge on any atom is 0.251 e. The Balaban J connectivity index is 2.20. The van der Waals surface area contributed by atoms with Gasteiger partial charge in [0.15, 0.2) is 11.5 Å². The van der Waals surface area contributed by atoms with E-state index in [1.54, 1.807) is 0 Å². The SMILES string of the molecule is c1cc2c(c(-c3nnco3)c1)OCO2. The highest BCUT2D eigenvalue weighted by atomic mass is 16.7. The summed E-state index contributed by atoms with van der Waals surface area (Å²) >= 11 is 0. The molecular formula is C9H6N2O3. The average molecular weight is 190 g/mol. The highest BCUT2D eigenvalue weighted by molar-refractivity contribution is 5.67. The van der Waals surface area contributed by atoms with Gasteiger partial charge in [0, 0.05) is 0 Å². The summed E-state index contributed by atoms with van der Waals surface area (Å²) in [5.41, 5.74) is 0.762. The van der Waals surface area contributed by atoms with Crippen LogP contribution in [0, 0.1) is 0 Å². The molecule has 1 aliphatic rings. The van der Waals surface area contributed by atoms with Gasteiger partial charge in [-0.1, -0.05) is 6.07 Å². The van der Waals surface area contributed by atoms with Gasteiger partial charge < -0.3 is 13.9 Å². The zero-order valence-electron chi connectivity index (χ0n) is 7.14. The van der Waals surface area contributed by atoms with Crippen LogP contribution in [-0.4, -0.2) is 17.0 Å². The van der Waals surface area contributed by atoms with Crippen LogP contribution in [0.2, 0.25) is 0 Å². The zero-order valence-corrected chi connectivity index (χ0v) is 7.14. The molecule has 0 saturated carbocycles. The Hall–Kier alpha value is -2.04. The van der Waals surface area contributed by atoms with E-state index in [9.17, 15) is 0 Å². The average Bonchev–Trinajstić information content (AvgIpc) is 2.88. The van der Waals surface area contributed by atoms with Crippen molar-refractivity contribution in [1.29, 1.82) is 0 Å². The molecule has 0 amide bonds. The first kappa shape index (κ1) is 7.37. The summed E-state index contributed by atoms with van der Waals surface area (Å²) in [7, 11) is 0. The molecule has 70 valence electrons. The van der Waals surface area contributed by atoms with Gasteiger partial charge in [0.1, 0.15) is 0 Å². The Labute approximate surface area is 79.3 Å². The lowest BCUT2D eigenvalue weighted by atomic mass is 10.2. The molecule has 0 atom stereocenters. The molecule has 2 heterocycles. The summed E-state index contributed by atoms with van der Waals surface area (Å²) < 4.78 is 15.6. The fourth-order valence-electron chi connectivity index (χ4n) is 1.39. The molecule has 0 fully saturated rings. The normalized spacial score (nSPS) is 13.1. The number of hydrogen-bond acceptors (Lipinski definition) is 5. The van der Waals surface area contributed by atoms with Crippen molar-refractivity contribution in [2.45, 2.75) is 0 Å². The van der Waals surface area contributed by atoms with Crippen molar-refractivity contribution in [2.24, 2.45) is 0 Å². The van der Waals surface area contributed by atoms with Crippen LogP contribution in [0.1, 0.15) is 0 Å². The van der Waals surface area contributed by atoms with Crippen LogP contribution >= 0.6 is 0 Å². The molecule has 1 aromatic heterocycles. The molecule has 1 aromatic carbocycles. The van der Waals surface area contributed by atoms with Crippen LogP contribution in [0.4, 0.5) is 0 Å². The molecule has 5 nitrogen and oxygen atoms in total. The third kappa shape index (κ3) is 0.953. The van der Waals surface area contributed by atoms with Crippen molar-refractivity contribution in [3.63, 3.8) is 0 Å². The third-order valence-electron chi connectivity index (χ3n) is 1.99. The minimum atomic E-state index is 0.237. The van der Waals surface area contributed by atoms with E-state index in [-0.39, 0.29) is 6.79 Å². The Morgan fingerprint density at radius 1 is 1.21 bits per heavy atom. The zero-order chi connectivity index (χ0) is 9.38. The van der Waals surface area contributed by atoms with Crippen LogP contribution in [0.3, 0.4) is 0 Å². The molecule has 0 aliphatic carbocycles. The van der Waals surface area contributed by atoms with E-state index in [0.29, 0.717) is 17.4 Å². The van der Waals surface area contributed by atoms with Crippen molar-refractivity contribution in [1.82, 2.24) is 10.2 Å². The van der Waals surface area contributed by atoms with E-state index in [1.807, 2.05) is 18.2 Å². The van der Waals surface area contributed by atoms with E-state index in [1.165, 1.54) is 6.39 Å². The fourth-order valence-corrected chi connectivity index (χ4v) is 1.39. The standard InChI is InChI=1S/C9H6N2O3/c1-2-6(9-11-10-4-12-9)8-7(3-1)13-5-14-8/h1-4H,5H2. The smallest absolute Gasteiger partial charge is 0.251 e. The lowest BCUT2D eigenvalue weighted by molar-refractivity contribution is 0.174. The highest BCUT2D eigenvalue weighted by Crippen LogP contribution is 2.40. The first-order chi connectivity index (χ1) is 6.95. The molecule has 0 saturated heterocycles. The summed E-state index contributed by atoms with van der Waals surface area (Å²) in [6.45, 7) is 0.237. The Kier molecular flexibility index (Phi) is 1.44. The molecule has 3 rings (SSSR count). The summed E-state index contributed by atoms with van der Waals surface area (Å²) in [6, 6.07) is 5.54. The minimum Gasteiger partial charge on any atom is -0.454 e. The number of hydrogen-bond donors (Lipinski definition) is 0. The van der Waals surface area contributed by atoms with Crippen molar-refractivity contribution >= 4 is 0 Å². The largest absolute Gasteiger partial charge is 0.454 e. The molecule has 14 heavy (non-hydrogen) atoms. The van der Waals surface area contributed by atoms with Crippen LogP contribution in [0.5, 0.6) is 11.5 Å². The van der Waals surface area contributed by atoms with E-state index >= 15 is 0 Å². The summed E-state index contributed by atoms with van der Waals surface area (Å²) in [5, 5.41) is 7.42. The second-order valence-corrected chi connectivity index (χ2v) is 2.78. The second-order valence-electron chi connectivity index (χ2n) is 2.78. The maximum absolute atomic E-state index is 5.30. The van der Waals surface area contributed by atoms with Crippen molar-refractivity contribution in [3.05, 3.63) is 24.6 Å². The minimum absolute atomic E-state index is 0.237. The molecule has 0 radical (unpaired) electrons. The van der Waals surface area contributed by atoms with Gasteiger partial charge in [-0.15, -0.1) is 10.2 Å². The van der Waals surface area contributed by atoms with Gasteiger partial charge in [0.2, 0.25) is 13.2 Å². The summed E-state index contributed by atoms with van der Waals surface area (Å²) in [5.74, 6) is 1.81. The first-order valence-corrected chi connectivity index (χ1v) is 4.10. The van der Waals surface area contributed by atoms with Gasteiger partial charge in [-0.3, -0.25) is 0 Å². The van der Waals surface area contributed by atoms with Gasteiger partial charge in [-0.05, 0) is 12.1 Å². The summed E-state index contributed by atoms with van der Waals surface area (Å²) in [4.78, 5) is 0. The molecule has 0 N–H and O–H groups in total. The van der Waals surface area contributed by atoms with Gasteiger partial charge >= 0.3 is 0 Å². The van der Waals surface area contributed by atoms with Gasteiger partial charge in [0.25, 0.3) is 5.89 Å². The third-order valence-corrected chi connectivity index (χ3v) is 1.99. The van der Waals surface area contributed by atoms with Crippen molar-refractivity contribution in [2.75, 3.05) is 6.79 Å². The molecule has 0 spiro atoms. The molecule has 0 unspecified atom stereocenters. The lowest BCUT2D eigenvalue weighted by Crippen LogP contribution is -1.93. The number of para-hydroxylation sites is 1. The van der Waals surface area contributed by atoms with Crippen molar-refractivity contribution < 1.29 is 13.9 Å². The molecule has 2 aromatic rings. The van der Waals surface area contributed by atoms with E-state index in [0.717, 1.165) is 5.56 Å². The number of fused-ring (bicyclic) bond motifs is 1. The van der Waals surface area contributed by atoms with Crippen LogP contribution in [0.15, 0.2) is 29.0 Å². The summed E-state index contributed by atoms with van der Waals surface area (Å²) in [6.07, 6.45) is 1.28. The van der Waals surface area contributed by atoms with Crippen LogP contribution < -0.4 is 9.47 Å². The molecular weight excluding hydrogens is 184 g/mol. The van der Waals surface area contributed by atoms with Crippen molar-refractivity contribution in [3.8, 4) is 23.0 Å². The highest BCUT2D eigenvalue weighted by Gasteiger charge is 2.20. The molecule has 5 heteroatoms. The van der Waals surface area contributed by atoms with E-state index in [2.05, 4.69) is 10.2 Å². The quantitative estimate of drug-likeness (QED) is 0.681. The Bertz CT molecular complexity index is 453. The number of nitrogens with zero attached hydrogens (tertiary/aromatic N) is 2. The van der Waals surface area contributed by atoms with Gasteiger partial charge in [0.05, 0.1) is 5.56 Å². The topological polar surface area (TPSA) is 57.4 Å². The molecule has 0 bridgehead atoms. The molecule has 1 aliphatic heterocycles. The fraction of sp³-hybridized carbons (Fsp3) is 0.111. The monoisotopic (exact) mass is 190 g/mol. The lowest BCUT2D eigenvalue weighted by Gasteiger charge is -1.99. The Morgan fingerprint density at radius 3 is 3.07 bits per heavy atom. The number of benzene rings is 1. The Morgan fingerprint density at radius 2 is 2.21 bits per heavy atom. The number of rotatable bonds is 1. The maximum atomic E-state index is 5.30. The predicted molar refractivity (Wildman–Crippen MR) is 45.9 cm³/mol. The first-order valence-electron chi connectivity index (χ1n) is 4.10. The van der Waals surface area contributed by atoms with Gasteiger partial charge in [-0.25, -0.2) is 0 Å².